The Kier molecular flexibility index (Phi) is 3.93. The van der Waals surface area contributed by atoms with Crippen LogP contribution in [-0.4, -0.2) is 37.6 Å². The average molecular weight is 247 g/mol. The summed E-state index contributed by atoms with van der Waals surface area (Å²) in [5, 5.41) is 7.06. The lowest BCUT2D eigenvalue weighted by molar-refractivity contribution is 0.190. The zero-order valence-electron chi connectivity index (χ0n) is 12.0. The molecule has 1 aliphatic heterocycles. The van der Waals surface area contributed by atoms with E-state index in [1.165, 1.54) is 16.8 Å². The van der Waals surface area contributed by atoms with E-state index in [-0.39, 0.29) is 5.54 Å². The van der Waals surface area contributed by atoms with Crippen LogP contribution in [0.5, 0.6) is 0 Å². The van der Waals surface area contributed by atoms with Crippen molar-refractivity contribution >= 4 is 5.69 Å². The first-order chi connectivity index (χ1) is 8.50. The molecule has 0 amide bonds. The van der Waals surface area contributed by atoms with Crippen LogP contribution in [0.1, 0.15) is 25.0 Å². The summed E-state index contributed by atoms with van der Waals surface area (Å²) in [4.78, 5) is 2.26. The van der Waals surface area contributed by atoms with E-state index < -0.39 is 0 Å². The summed E-state index contributed by atoms with van der Waals surface area (Å²) < 4.78 is 0. The van der Waals surface area contributed by atoms with Gasteiger partial charge in [-0.1, -0.05) is 18.2 Å². The van der Waals surface area contributed by atoms with Crippen molar-refractivity contribution in [1.82, 2.24) is 10.2 Å². The normalized spacial score (nSPS) is 14.7. The molecular weight excluding hydrogens is 222 g/mol. The van der Waals surface area contributed by atoms with Crippen molar-refractivity contribution in [2.45, 2.75) is 32.4 Å². The fraction of sp³-hybridized carbons (Fsp3) is 0.600. The predicted octanol–water partition coefficient (Wildman–Crippen LogP) is 2.08. The van der Waals surface area contributed by atoms with E-state index in [9.17, 15) is 0 Å². The molecule has 1 heterocycles. The molecule has 2 N–H and O–H groups in total. The number of rotatable bonds is 5. The van der Waals surface area contributed by atoms with Crippen molar-refractivity contribution in [2.24, 2.45) is 0 Å². The molecule has 2 rings (SSSR count). The average Bonchev–Trinajstić information content (AvgIpc) is 2.77. The van der Waals surface area contributed by atoms with Crippen LogP contribution in [0.2, 0.25) is 0 Å². The number of benzene rings is 1. The fourth-order valence-electron chi connectivity index (χ4n) is 2.22. The molecule has 1 aromatic carbocycles. The summed E-state index contributed by atoms with van der Waals surface area (Å²) in [5.41, 5.74) is 4.39. The molecule has 0 spiro atoms. The van der Waals surface area contributed by atoms with Crippen LogP contribution >= 0.6 is 0 Å². The molecule has 0 radical (unpaired) electrons. The molecule has 0 bridgehead atoms. The molecule has 3 heteroatoms. The molecule has 0 saturated heterocycles. The number of nitrogens with one attached hydrogen (secondary N) is 2. The van der Waals surface area contributed by atoms with E-state index in [0.717, 1.165) is 26.1 Å². The van der Waals surface area contributed by atoms with E-state index in [1.54, 1.807) is 0 Å². The zero-order chi connectivity index (χ0) is 13.2. The third-order valence-corrected chi connectivity index (χ3v) is 4.02. The molecule has 18 heavy (non-hydrogen) atoms. The Bertz CT molecular complexity index is 410. The molecule has 1 aromatic rings. The highest BCUT2D eigenvalue weighted by atomic mass is 15.2. The van der Waals surface area contributed by atoms with Gasteiger partial charge in [0.25, 0.3) is 0 Å². The van der Waals surface area contributed by atoms with Crippen molar-refractivity contribution < 1.29 is 0 Å². The Hall–Kier alpha value is -1.06. The maximum absolute atomic E-state index is 3.57. The number of anilines is 1. The summed E-state index contributed by atoms with van der Waals surface area (Å²) >= 11 is 0. The number of nitrogens with zero attached hydrogens (tertiary/aromatic N) is 1. The van der Waals surface area contributed by atoms with E-state index >= 15 is 0 Å². The van der Waals surface area contributed by atoms with Crippen molar-refractivity contribution in [3.63, 3.8) is 0 Å². The van der Waals surface area contributed by atoms with E-state index in [1.807, 2.05) is 0 Å². The smallest absolute Gasteiger partial charge is 0.0419 e. The van der Waals surface area contributed by atoms with Crippen LogP contribution in [0, 0.1) is 0 Å². The van der Waals surface area contributed by atoms with Gasteiger partial charge in [0.2, 0.25) is 0 Å². The topological polar surface area (TPSA) is 27.3 Å². The van der Waals surface area contributed by atoms with Crippen molar-refractivity contribution in [3.05, 3.63) is 29.3 Å². The SMILES string of the molecule is CN(C)C(C)(C)CNCc1cccc2c1NCC2. The van der Waals surface area contributed by atoms with Gasteiger partial charge < -0.3 is 15.5 Å². The lowest BCUT2D eigenvalue weighted by Crippen LogP contribution is -2.46. The van der Waals surface area contributed by atoms with Gasteiger partial charge in [-0.3, -0.25) is 0 Å². The first-order valence-corrected chi connectivity index (χ1v) is 6.73. The van der Waals surface area contributed by atoms with E-state index in [0.29, 0.717) is 0 Å². The van der Waals surface area contributed by atoms with Gasteiger partial charge in [0.05, 0.1) is 0 Å². The minimum atomic E-state index is 0.186. The summed E-state index contributed by atoms with van der Waals surface area (Å²) in [5.74, 6) is 0. The molecular formula is C15H25N3. The van der Waals surface area contributed by atoms with Gasteiger partial charge in [0, 0.05) is 30.9 Å². The third-order valence-electron chi connectivity index (χ3n) is 4.02. The van der Waals surface area contributed by atoms with Crippen LogP contribution in [0.25, 0.3) is 0 Å². The molecule has 0 atom stereocenters. The molecule has 0 unspecified atom stereocenters. The second-order valence-electron chi connectivity index (χ2n) is 5.94. The molecule has 1 aliphatic rings. The third kappa shape index (κ3) is 2.85. The van der Waals surface area contributed by atoms with Crippen LogP contribution in [0.3, 0.4) is 0 Å². The first-order valence-electron chi connectivity index (χ1n) is 6.73. The lowest BCUT2D eigenvalue weighted by atomic mass is 10.0. The second-order valence-corrected chi connectivity index (χ2v) is 5.94. The minimum absolute atomic E-state index is 0.186. The quantitative estimate of drug-likeness (QED) is 0.834. The van der Waals surface area contributed by atoms with Crippen molar-refractivity contribution in [3.8, 4) is 0 Å². The Morgan fingerprint density at radius 1 is 1.33 bits per heavy atom. The standard InChI is InChI=1S/C15H25N3/c1-15(2,18(3)4)11-16-10-13-7-5-6-12-8-9-17-14(12)13/h5-7,16-17H,8-11H2,1-4H3. The van der Waals surface area contributed by atoms with Gasteiger partial charge in [-0.25, -0.2) is 0 Å². The molecule has 0 aliphatic carbocycles. The summed E-state index contributed by atoms with van der Waals surface area (Å²) in [6, 6.07) is 6.61. The molecule has 100 valence electrons. The highest BCUT2D eigenvalue weighted by Gasteiger charge is 2.20. The molecule has 0 aromatic heterocycles. The van der Waals surface area contributed by atoms with Gasteiger partial charge in [-0.05, 0) is 45.5 Å². The van der Waals surface area contributed by atoms with Crippen LogP contribution in [-0.2, 0) is 13.0 Å². The Morgan fingerprint density at radius 3 is 2.83 bits per heavy atom. The van der Waals surface area contributed by atoms with E-state index in [2.05, 4.69) is 61.7 Å². The van der Waals surface area contributed by atoms with Gasteiger partial charge >= 0.3 is 0 Å². The maximum Gasteiger partial charge on any atom is 0.0419 e. The second kappa shape index (κ2) is 5.29. The number of para-hydroxylation sites is 1. The van der Waals surface area contributed by atoms with Gasteiger partial charge in [-0.2, -0.15) is 0 Å². The predicted molar refractivity (Wildman–Crippen MR) is 78.1 cm³/mol. The number of hydrogen-bond donors (Lipinski definition) is 2. The van der Waals surface area contributed by atoms with Gasteiger partial charge in [0.15, 0.2) is 0 Å². The number of hydrogen-bond acceptors (Lipinski definition) is 3. The van der Waals surface area contributed by atoms with Gasteiger partial charge in [0.1, 0.15) is 0 Å². The molecule has 0 saturated carbocycles. The monoisotopic (exact) mass is 247 g/mol. The summed E-state index contributed by atoms with van der Waals surface area (Å²) in [6.45, 7) is 7.52. The largest absolute Gasteiger partial charge is 0.384 e. The van der Waals surface area contributed by atoms with Crippen LogP contribution < -0.4 is 10.6 Å². The van der Waals surface area contributed by atoms with Crippen molar-refractivity contribution in [2.75, 3.05) is 32.5 Å². The number of likely N-dealkylation sites (N-methyl/N-ethyl adjacent to an activating group) is 1. The van der Waals surface area contributed by atoms with Crippen molar-refractivity contribution in [1.29, 1.82) is 0 Å². The van der Waals surface area contributed by atoms with E-state index in [4.69, 9.17) is 0 Å². The van der Waals surface area contributed by atoms with Gasteiger partial charge in [-0.15, -0.1) is 0 Å². The minimum Gasteiger partial charge on any atom is -0.384 e. The maximum atomic E-state index is 3.57. The Balaban J connectivity index is 1.94. The zero-order valence-corrected chi connectivity index (χ0v) is 12.0. The summed E-state index contributed by atoms with van der Waals surface area (Å²) in [7, 11) is 4.26. The van der Waals surface area contributed by atoms with Crippen LogP contribution in [0.4, 0.5) is 5.69 Å². The fourth-order valence-corrected chi connectivity index (χ4v) is 2.22. The number of fused-ring (bicyclic) bond motifs is 1. The molecule has 3 nitrogen and oxygen atoms in total. The highest BCUT2D eigenvalue weighted by Crippen LogP contribution is 2.26. The Morgan fingerprint density at radius 2 is 2.11 bits per heavy atom. The Labute approximate surface area is 111 Å². The lowest BCUT2D eigenvalue weighted by Gasteiger charge is -2.32. The first kappa shape index (κ1) is 13.4. The van der Waals surface area contributed by atoms with Crippen LogP contribution in [0.15, 0.2) is 18.2 Å². The molecule has 0 fully saturated rings. The summed E-state index contributed by atoms with van der Waals surface area (Å²) in [6.07, 6.45) is 1.16. The highest BCUT2D eigenvalue weighted by molar-refractivity contribution is 5.61.